The molecule has 1 unspecified atom stereocenters. The summed E-state index contributed by atoms with van der Waals surface area (Å²) in [5.74, 6) is 0.205. The number of hydrogen-bond acceptors (Lipinski definition) is 4. The topological polar surface area (TPSA) is 33.2 Å². The SMILES string of the molecule is Cc1ccc(C2C(=Cc3ccccn3)C(=O)C(C)(C)CN2Cc2cccs2)cc1. The van der Waals surface area contributed by atoms with Gasteiger partial charge in [0.15, 0.2) is 5.78 Å². The molecule has 148 valence electrons. The minimum absolute atomic E-state index is 0.0831. The molecule has 4 rings (SSSR count). The summed E-state index contributed by atoms with van der Waals surface area (Å²) in [7, 11) is 0. The van der Waals surface area contributed by atoms with Gasteiger partial charge < -0.3 is 0 Å². The summed E-state index contributed by atoms with van der Waals surface area (Å²) in [6.45, 7) is 7.74. The van der Waals surface area contributed by atoms with Gasteiger partial charge in [0, 0.05) is 35.2 Å². The van der Waals surface area contributed by atoms with Gasteiger partial charge in [0.05, 0.1) is 11.7 Å². The number of pyridine rings is 1. The molecule has 1 aliphatic heterocycles. The van der Waals surface area contributed by atoms with Gasteiger partial charge >= 0.3 is 0 Å². The minimum Gasteiger partial charge on any atom is -0.294 e. The van der Waals surface area contributed by atoms with E-state index >= 15 is 0 Å². The van der Waals surface area contributed by atoms with Crippen LogP contribution in [-0.2, 0) is 11.3 Å². The van der Waals surface area contributed by atoms with E-state index < -0.39 is 5.41 Å². The Kier molecular flexibility index (Phi) is 5.48. The molecule has 1 atom stereocenters. The van der Waals surface area contributed by atoms with Crippen molar-refractivity contribution in [1.82, 2.24) is 9.88 Å². The van der Waals surface area contributed by atoms with Crippen LogP contribution in [0.2, 0.25) is 0 Å². The first kappa shape index (κ1) is 19.7. The molecule has 0 N–H and O–H groups in total. The van der Waals surface area contributed by atoms with Crippen molar-refractivity contribution >= 4 is 23.2 Å². The van der Waals surface area contributed by atoms with Crippen LogP contribution in [-0.4, -0.2) is 22.2 Å². The van der Waals surface area contributed by atoms with Crippen molar-refractivity contribution in [1.29, 1.82) is 0 Å². The molecular weight excluding hydrogens is 376 g/mol. The second-order valence-electron chi connectivity index (χ2n) is 8.36. The van der Waals surface area contributed by atoms with E-state index in [1.165, 1.54) is 10.4 Å². The molecule has 0 amide bonds. The monoisotopic (exact) mass is 402 g/mol. The Morgan fingerprint density at radius 3 is 2.59 bits per heavy atom. The zero-order chi connectivity index (χ0) is 20.4. The lowest BCUT2D eigenvalue weighted by Gasteiger charge is -2.44. The zero-order valence-electron chi connectivity index (χ0n) is 17.1. The highest BCUT2D eigenvalue weighted by molar-refractivity contribution is 7.09. The number of ketones is 1. The average molecular weight is 403 g/mol. The van der Waals surface area contributed by atoms with E-state index in [1.54, 1.807) is 17.5 Å². The van der Waals surface area contributed by atoms with E-state index in [0.29, 0.717) is 0 Å². The lowest BCUT2D eigenvalue weighted by Crippen LogP contribution is -2.48. The first-order chi connectivity index (χ1) is 13.9. The molecule has 1 aromatic carbocycles. The Balaban J connectivity index is 1.84. The summed E-state index contributed by atoms with van der Waals surface area (Å²) in [6.07, 6.45) is 3.75. The van der Waals surface area contributed by atoms with Crippen LogP contribution in [0.15, 0.2) is 71.7 Å². The molecule has 3 aromatic rings. The molecule has 0 spiro atoms. The van der Waals surface area contributed by atoms with E-state index in [1.807, 2.05) is 38.1 Å². The van der Waals surface area contributed by atoms with E-state index in [0.717, 1.165) is 29.9 Å². The molecule has 1 fully saturated rings. The number of Topliss-reactive ketones (excluding diaryl/α,β-unsaturated/α-hetero) is 1. The molecule has 0 aliphatic carbocycles. The summed E-state index contributed by atoms with van der Waals surface area (Å²) in [5, 5.41) is 2.11. The van der Waals surface area contributed by atoms with E-state index in [9.17, 15) is 4.79 Å². The maximum atomic E-state index is 13.5. The fourth-order valence-corrected chi connectivity index (χ4v) is 4.77. The standard InChI is InChI=1S/C25H26N2OS/c1-18-9-11-19(12-10-18)23-22(15-20-7-4-5-13-26-20)24(28)25(2,3)17-27(23)16-21-8-6-14-29-21/h4-15,23H,16-17H2,1-3H3. The maximum Gasteiger partial charge on any atom is 0.167 e. The minimum atomic E-state index is -0.445. The molecule has 3 nitrogen and oxygen atoms in total. The largest absolute Gasteiger partial charge is 0.294 e. The van der Waals surface area contributed by atoms with Gasteiger partial charge in [0.2, 0.25) is 0 Å². The molecule has 1 aliphatic rings. The normalized spacial score (nSPS) is 20.9. The van der Waals surface area contributed by atoms with Crippen molar-refractivity contribution in [2.45, 2.75) is 33.4 Å². The van der Waals surface area contributed by atoms with Gasteiger partial charge in [-0.2, -0.15) is 0 Å². The predicted octanol–water partition coefficient (Wildman–Crippen LogP) is 5.69. The third-order valence-electron chi connectivity index (χ3n) is 5.46. The van der Waals surface area contributed by atoms with Gasteiger partial charge in [0.1, 0.15) is 0 Å². The number of aryl methyl sites for hydroxylation is 1. The molecule has 4 heteroatoms. The van der Waals surface area contributed by atoms with Crippen LogP contribution in [0.1, 0.15) is 41.6 Å². The Morgan fingerprint density at radius 1 is 1.14 bits per heavy atom. The van der Waals surface area contributed by atoms with Crippen molar-refractivity contribution in [2.75, 3.05) is 6.54 Å². The van der Waals surface area contributed by atoms with Gasteiger partial charge in [-0.05, 0) is 42.1 Å². The summed E-state index contributed by atoms with van der Waals surface area (Å²) in [6, 6.07) is 18.5. The van der Waals surface area contributed by atoms with Crippen LogP contribution in [0.4, 0.5) is 0 Å². The van der Waals surface area contributed by atoms with Crippen LogP contribution in [0, 0.1) is 12.3 Å². The number of aromatic nitrogens is 1. The molecule has 3 heterocycles. The fraction of sp³-hybridized carbons (Fsp3) is 0.280. The van der Waals surface area contributed by atoms with E-state index in [4.69, 9.17) is 0 Å². The number of likely N-dealkylation sites (tertiary alicyclic amines) is 1. The summed E-state index contributed by atoms with van der Waals surface area (Å²) >= 11 is 1.76. The van der Waals surface area contributed by atoms with Crippen LogP contribution in [0.3, 0.4) is 0 Å². The summed E-state index contributed by atoms with van der Waals surface area (Å²) in [5.41, 5.74) is 3.57. The molecule has 0 saturated carbocycles. The second kappa shape index (κ2) is 8.05. The quantitative estimate of drug-likeness (QED) is 0.526. The predicted molar refractivity (Wildman–Crippen MR) is 120 cm³/mol. The third-order valence-corrected chi connectivity index (χ3v) is 6.32. The number of thiophene rings is 1. The lowest BCUT2D eigenvalue weighted by atomic mass is 9.74. The second-order valence-corrected chi connectivity index (χ2v) is 9.40. The number of benzene rings is 1. The molecule has 0 radical (unpaired) electrons. The highest BCUT2D eigenvalue weighted by Gasteiger charge is 2.44. The molecule has 0 bridgehead atoms. The van der Waals surface area contributed by atoms with Crippen molar-refractivity contribution in [3.63, 3.8) is 0 Å². The first-order valence-corrected chi connectivity index (χ1v) is 10.8. The van der Waals surface area contributed by atoms with E-state index in [-0.39, 0.29) is 11.8 Å². The van der Waals surface area contributed by atoms with Gasteiger partial charge in [-0.3, -0.25) is 14.7 Å². The molecule has 29 heavy (non-hydrogen) atoms. The summed E-state index contributed by atoms with van der Waals surface area (Å²) in [4.78, 5) is 21.7. The number of carbonyl (C=O) groups is 1. The van der Waals surface area contributed by atoms with Gasteiger partial charge in [-0.25, -0.2) is 0 Å². The highest BCUT2D eigenvalue weighted by atomic mass is 32.1. The summed E-state index contributed by atoms with van der Waals surface area (Å²) < 4.78 is 0. The lowest BCUT2D eigenvalue weighted by molar-refractivity contribution is -0.128. The van der Waals surface area contributed by atoms with Crippen molar-refractivity contribution in [3.8, 4) is 0 Å². The van der Waals surface area contributed by atoms with Crippen molar-refractivity contribution in [3.05, 3.63) is 93.4 Å². The Bertz CT molecular complexity index is 1000. The number of nitrogens with zero attached hydrogens (tertiary/aromatic N) is 2. The Morgan fingerprint density at radius 2 is 1.93 bits per heavy atom. The van der Waals surface area contributed by atoms with Gasteiger partial charge in [-0.1, -0.05) is 55.8 Å². The third kappa shape index (κ3) is 4.24. The van der Waals surface area contributed by atoms with Crippen LogP contribution in [0.5, 0.6) is 0 Å². The fourth-order valence-electron chi connectivity index (χ4n) is 4.04. The van der Waals surface area contributed by atoms with Gasteiger partial charge in [-0.15, -0.1) is 11.3 Å². The molecule has 1 saturated heterocycles. The first-order valence-electron chi connectivity index (χ1n) is 9.94. The van der Waals surface area contributed by atoms with Gasteiger partial charge in [0.25, 0.3) is 0 Å². The maximum absolute atomic E-state index is 13.5. The Labute approximate surface area is 176 Å². The number of carbonyl (C=O) groups excluding carboxylic acids is 1. The molecular formula is C25H26N2OS. The zero-order valence-corrected chi connectivity index (χ0v) is 17.9. The smallest absolute Gasteiger partial charge is 0.167 e. The van der Waals surface area contributed by atoms with Crippen molar-refractivity contribution < 1.29 is 4.79 Å². The molecule has 2 aromatic heterocycles. The van der Waals surface area contributed by atoms with Crippen LogP contribution < -0.4 is 0 Å². The van der Waals surface area contributed by atoms with Crippen LogP contribution in [0.25, 0.3) is 6.08 Å². The van der Waals surface area contributed by atoms with Crippen LogP contribution >= 0.6 is 11.3 Å². The average Bonchev–Trinajstić information content (AvgIpc) is 3.21. The number of piperidine rings is 1. The number of rotatable bonds is 4. The highest BCUT2D eigenvalue weighted by Crippen LogP contribution is 2.42. The number of hydrogen-bond donors (Lipinski definition) is 0. The van der Waals surface area contributed by atoms with Crippen molar-refractivity contribution in [2.24, 2.45) is 5.41 Å². The van der Waals surface area contributed by atoms with E-state index in [2.05, 4.69) is 58.6 Å². The Hall–Kier alpha value is -2.56.